The minimum absolute atomic E-state index is 0.403. The average Bonchev–Trinajstić information content (AvgIpc) is 3.10. The van der Waals surface area contributed by atoms with Gasteiger partial charge < -0.3 is 10.6 Å². The van der Waals surface area contributed by atoms with Gasteiger partial charge in [0.15, 0.2) is 0 Å². The summed E-state index contributed by atoms with van der Waals surface area (Å²) >= 11 is 0. The van der Waals surface area contributed by atoms with Gasteiger partial charge in [-0.1, -0.05) is 27.7 Å². The molecule has 3 unspecified atom stereocenters. The zero-order valence-corrected chi connectivity index (χ0v) is 12.1. The van der Waals surface area contributed by atoms with E-state index < -0.39 is 0 Å². The molecule has 0 bridgehead atoms. The van der Waals surface area contributed by atoms with E-state index in [1.807, 2.05) is 0 Å². The second-order valence-corrected chi connectivity index (χ2v) is 6.87. The standard InChI is InChI=1S/C15H30N2/c1-5-17(13-7-8-13)10-12-6-9-14(16)11(2)15(12,3)4/h11-14H,5-10,16H2,1-4H3. The van der Waals surface area contributed by atoms with Crippen LogP contribution in [0.1, 0.15) is 53.4 Å². The van der Waals surface area contributed by atoms with E-state index >= 15 is 0 Å². The van der Waals surface area contributed by atoms with Gasteiger partial charge in [-0.25, -0.2) is 0 Å². The van der Waals surface area contributed by atoms with Gasteiger partial charge in [-0.05, 0) is 49.5 Å². The van der Waals surface area contributed by atoms with Crippen molar-refractivity contribution >= 4 is 0 Å². The molecule has 0 spiro atoms. The average molecular weight is 238 g/mol. The van der Waals surface area contributed by atoms with E-state index in [0.717, 1.165) is 12.0 Å². The van der Waals surface area contributed by atoms with Crippen molar-refractivity contribution in [3.63, 3.8) is 0 Å². The van der Waals surface area contributed by atoms with Crippen LogP contribution in [-0.2, 0) is 0 Å². The molecule has 0 heterocycles. The molecule has 0 amide bonds. The highest BCUT2D eigenvalue weighted by Gasteiger charge is 2.43. The molecule has 0 aromatic rings. The van der Waals surface area contributed by atoms with Crippen LogP contribution in [0.15, 0.2) is 0 Å². The fourth-order valence-corrected chi connectivity index (χ4v) is 3.52. The molecular weight excluding hydrogens is 208 g/mol. The molecule has 0 radical (unpaired) electrons. The van der Waals surface area contributed by atoms with Crippen LogP contribution in [0.2, 0.25) is 0 Å². The third-order valence-corrected chi connectivity index (χ3v) is 5.64. The molecule has 2 aliphatic carbocycles. The summed E-state index contributed by atoms with van der Waals surface area (Å²) in [7, 11) is 0. The number of hydrogen-bond acceptors (Lipinski definition) is 2. The Kier molecular flexibility index (Phi) is 3.84. The molecular formula is C15H30N2. The molecule has 2 saturated carbocycles. The van der Waals surface area contributed by atoms with Gasteiger partial charge in [0.05, 0.1) is 0 Å². The van der Waals surface area contributed by atoms with Crippen molar-refractivity contribution in [2.45, 2.75) is 65.5 Å². The summed E-state index contributed by atoms with van der Waals surface area (Å²) < 4.78 is 0. The molecule has 2 fully saturated rings. The molecule has 2 rings (SSSR count). The Morgan fingerprint density at radius 2 is 1.82 bits per heavy atom. The second-order valence-electron chi connectivity index (χ2n) is 6.87. The van der Waals surface area contributed by atoms with Gasteiger partial charge in [0.1, 0.15) is 0 Å². The molecule has 2 aliphatic rings. The highest BCUT2D eigenvalue weighted by molar-refractivity contribution is 4.96. The van der Waals surface area contributed by atoms with E-state index in [4.69, 9.17) is 5.73 Å². The number of hydrogen-bond donors (Lipinski definition) is 1. The Balaban J connectivity index is 1.99. The molecule has 2 heteroatoms. The molecule has 0 saturated heterocycles. The number of nitrogens with two attached hydrogens (primary N) is 1. The predicted octanol–water partition coefficient (Wildman–Crippen LogP) is 2.87. The summed E-state index contributed by atoms with van der Waals surface area (Å²) in [5.74, 6) is 1.48. The first kappa shape index (κ1) is 13.4. The van der Waals surface area contributed by atoms with Gasteiger partial charge in [0, 0.05) is 18.6 Å². The predicted molar refractivity (Wildman–Crippen MR) is 73.9 cm³/mol. The van der Waals surface area contributed by atoms with Gasteiger partial charge in [-0.3, -0.25) is 0 Å². The fourth-order valence-electron chi connectivity index (χ4n) is 3.52. The molecule has 0 aromatic carbocycles. The van der Waals surface area contributed by atoms with Crippen LogP contribution in [0.3, 0.4) is 0 Å². The van der Waals surface area contributed by atoms with E-state index in [1.54, 1.807) is 0 Å². The maximum atomic E-state index is 6.24. The summed E-state index contributed by atoms with van der Waals surface area (Å²) in [5.41, 5.74) is 6.64. The number of rotatable bonds is 4. The van der Waals surface area contributed by atoms with Gasteiger partial charge in [-0.15, -0.1) is 0 Å². The first-order valence-electron chi connectivity index (χ1n) is 7.46. The lowest BCUT2D eigenvalue weighted by Gasteiger charge is -2.48. The Morgan fingerprint density at radius 1 is 1.18 bits per heavy atom. The molecule has 3 atom stereocenters. The van der Waals surface area contributed by atoms with Crippen molar-refractivity contribution in [2.24, 2.45) is 23.0 Å². The Hall–Kier alpha value is -0.0800. The smallest absolute Gasteiger partial charge is 0.00964 e. The summed E-state index contributed by atoms with van der Waals surface area (Å²) in [6.07, 6.45) is 5.39. The maximum Gasteiger partial charge on any atom is 0.00964 e. The Morgan fingerprint density at radius 3 is 2.35 bits per heavy atom. The van der Waals surface area contributed by atoms with Crippen molar-refractivity contribution < 1.29 is 0 Å². The highest BCUT2D eigenvalue weighted by Crippen LogP contribution is 2.45. The van der Waals surface area contributed by atoms with Crippen molar-refractivity contribution in [3.8, 4) is 0 Å². The maximum absolute atomic E-state index is 6.24. The molecule has 100 valence electrons. The van der Waals surface area contributed by atoms with E-state index in [9.17, 15) is 0 Å². The van der Waals surface area contributed by atoms with Crippen LogP contribution < -0.4 is 5.73 Å². The zero-order chi connectivity index (χ0) is 12.6. The van der Waals surface area contributed by atoms with Crippen LogP contribution in [0.5, 0.6) is 0 Å². The molecule has 2 nitrogen and oxygen atoms in total. The first-order valence-corrected chi connectivity index (χ1v) is 7.46. The Bertz CT molecular complexity index is 258. The monoisotopic (exact) mass is 238 g/mol. The van der Waals surface area contributed by atoms with Crippen LogP contribution in [-0.4, -0.2) is 30.1 Å². The first-order chi connectivity index (χ1) is 7.96. The number of nitrogens with zero attached hydrogens (tertiary/aromatic N) is 1. The van der Waals surface area contributed by atoms with Crippen LogP contribution in [0, 0.1) is 17.3 Å². The normalized spacial score (nSPS) is 37.4. The topological polar surface area (TPSA) is 29.3 Å². The summed E-state index contributed by atoms with van der Waals surface area (Å²) in [4.78, 5) is 2.70. The van der Waals surface area contributed by atoms with E-state index in [1.165, 1.54) is 38.8 Å². The molecule has 2 N–H and O–H groups in total. The van der Waals surface area contributed by atoms with Crippen molar-refractivity contribution in [1.82, 2.24) is 4.90 Å². The minimum atomic E-state index is 0.403. The molecule has 17 heavy (non-hydrogen) atoms. The Labute approximate surface area is 107 Å². The highest BCUT2D eigenvalue weighted by atomic mass is 15.2. The lowest BCUT2D eigenvalue weighted by Crippen LogP contribution is -2.50. The van der Waals surface area contributed by atoms with Crippen LogP contribution in [0.4, 0.5) is 0 Å². The van der Waals surface area contributed by atoms with Gasteiger partial charge in [-0.2, -0.15) is 0 Å². The van der Waals surface area contributed by atoms with Gasteiger partial charge in [0.2, 0.25) is 0 Å². The molecule has 0 aromatic heterocycles. The zero-order valence-electron chi connectivity index (χ0n) is 12.1. The lowest BCUT2D eigenvalue weighted by atomic mass is 9.61. The van der Waals surface area contributed by atoms with Crippen LogP contribution in [0.25, 0.3) is 0 Å². The van der Waals surface area contributed by atoms with E-state index in [-0.39, 0.29) is 0 Å². The van der Waals surface area contributed by atoms with Gasteiger partial charge in [0.25, 0.3) is 0 Å². The second kappa shape index (κ2) is 4.89. The summed E-state index contributed by atoms with van der Waals surface area (Å²) in [6.45, 7) is 12.0. The SMILES string of the molecule is CCN(CC1CCC(N)C(C)C1(C)C)C1CC1. The quantitative estimate of drug-likeness (QED) is 0.816. The minimum Gasteiger partial charge on any atom is -0.327 e. The summed E-state index contributed by atoms with van der Waals surface area (Å²) in [6, 6.07) is 1.32. The van der Waals surface area contributed by atoms with Crippen molar-refractivity contribution in [3.05, 3.63) is 0 Å². The fraction of sp³-hybridized carbons (Fsp3) is 1.00. The third-order valence-electron chi connectivity index (χ3n) is 5.64. The summed E-state index contributed by atoms with van der Waals surface area (Å²) in [5, 5.41) is 0. The lowest BCUT2D eigenvalue weighted by molar-refractivity contribution is 0.0279. The van der Waals surface area contributed by atoms with Crippen molar-refractivity contribution in [1.29, 1.82) is 0 Å². The molecule has 0 aliphatic heterocycles. The van der Waals surface area contributed by atoms with E-state index in [0.29, 0.717) is 17.4 Å². The van der Waals surface area contributed by atoms with Crippen LogP contribution >= 0.6 is 0 Å². The van der Waals surface area contributed by atoms with E-state index in [2.05, 4.69) is 32.6 Å². The van der Waals surface area contributed by atoms with Gasteiger partial charge >= 0.3 is 0 Å². The van der Waals surface area contributed by atoms with Crippen molar-refractivity contribution in [2.75, 3.05) is 13.1 Å². The largest absolute Gasteiger partial charge is 0.327 e. The third kappa shape index (κ3) is 2.68.